The molecule has 0 saturated carbocycles. The Morgan fingerprint density at radius 2 is 0.271 bits per heavy atom. The van der Waals surface area contributed by atoms with Gasteiger partial charge in [0, 0.05) is 181 Å². The van der Waals surface area contributed by atoms with Crippen molar-refractivity contribution in [2.45, 2.75) is 55.4 Å². The van der Waals surface area contributed by atoms with Gasteiger partial charge in [-0.2, -0.15) is 0 Å². The molecule has 96 heavy (non-hydrogen) atoms. The van der Waals surface area contributed by atoms with E-state index < -0.39 is 88.6 Å². The fraction of sp³-hybridized carbons (Fsp3) is 0.136. The quantitative estimate of drug-likeness (QED) is 0.0322. The molecule has 7 aromatic carbocycles. The third-order valence-corrected chi connectivity index (χ3v) is 12.7. The van der Waals surface area contributed by atoms with E-state index in [0.29, 0.717) is 0 Å². The molecule has 0 unspecified atom stereocenters. The first-order chi connectivity index (χ1) is 45.3. The van der Waals surface area contributed by atoms with Crippen LogP contribution in [0.5, 0.6) is 0 Å². The number of rotatable bonds is 21. The maximum Gasteiger partial charge on any atom is 0.255 e. The van der Waals surface area contributed by atoms with Crippen LogP contribution in [0.25, 0.3) is 0 Å². The number of benzene rings is 7. The van der Waals surface area contributed by atoms with E-state index in [1.54, 1.807) is 0 Å². The van der Waals surface area contributed by atoms with Crippen molar-refractivity contribution in [2.24, 2.45) is 0 Å². The first-order valence-electron chi connectivity index (χ1n) is 28.7. The normalized spacial score (nSPS) is 10.3. The third-order valence-electron chi connectivity index (χ3n) is 12.7. The van der Waals surface area contributed by atoms with E-state index in [9.17, 15) is 71.9 Å². The smallest absolute Gasteiger partial charge is 0.255 e. The second-order valence-corrected chi connectivity index (χ2v) is 21.3. The summed E-state index contributed by atoms with van der Waals surface area (Å²) in [4.78, 5) is 196. The lowest BCUT2D eigenvalue weighted by Crippen LogP contribution is -2.21. The Balaban J connectivity index is 1.27. The third kappa shape index (κ3) is 20.8. The largest absolute Gasteiger partial charge is 0.355 e. The van der Waals surface area contributed by atoms with Gasteiger partial charge in [-0.15, -0.1) is 0 Å². The summed E-state index contributed by atoms with van der Waals surface area (Å²) < 4.78 is 0. The zero-order valence-electron chi connectivity index (χ0n) is 52.7. The molecular formula is C66H63N15O15. The van der Waals surface area contributed by atoms with Gasteiger partial charge in [0.15, 0.2) is 0 Å². The monoisotopic (exact) mass is 1310 g/mol. The van der Waals surface area contributed by atoms with Crippen molar-refractivity contribution in [3.8, 4) is 0 Å². The highest BCUT2D eigenvalue weighted by atomic mass is 16.2. The fourth-order valence-corrected chi connectivity index (χ4v) is 9.31. The minimum atomic E-state index is -0.934. The zero-order chi connectivity index (χ0) is 70.2. The minimum Gasteiger partial charge on any atom is -0.355 e. The Labute approximate surface area is 546 Å². The molecule has 30 nitrogen and oxygen atoms in total. The fourth-order valence-electron chi connectivity index (χ4n) is 9.31. The average Bonchev–Trinajstić information content (AvgIpc) is 0.850. The van der Waals surface area contributed by atoms with E-state index >= 15 is 0 Å². The van der Waals surface area contributed by atoms with Gasteiger partial charge in [0.25, 0.3) is 41.4 Å². The molecule has 7 aromatic rings. The molecule has 0 radical (unpaired) electrons. The highest BCUT2D eigenvalue weighted by Crippen LogP contribution is 2.30. The molecule has 0 aliphatic rings. The maximum atomic E-state index is 14.6. The molecule has 0 aromatic heterocycles. The molecule has 0 heterocycles. The van der Waals surface area contributed by atoms with Gasteiger partial charge in [0.05, 0.1) is 0 Å². The zero-order valence-corrected chi connectivity index (χ0v) is 52.7. The maximum absolute atomic E-state index is 14.6. The number of nitrogens with one attached hydrogen (secondary N) is 15. The lowest BCUT2D eigenvalue weighted by molar-refractivity contribution is -0.115. The molecule has 15 N–H and O–H groups in total. The van der Waals surface area contributed by atoms with Crippen molar-refractivity contribution in [3.05, 3.63) is 166 Å². The highest BCUT2D eigenvalue weighted by Gasteiger charge is 2.22. The van der Waals surface area contributed by atoms with E-state index in [2.05, 4.69) is 79.8 Å². The van der Waals surface area contributed by atoms with Gasteiger partial charge >= 0.3 is 0 Å². The predicted octanol–water partition coefficient (Wildman–Crippen LogP) is 8.23. The Morgan fingerprint density at radius 1 is 0.167 bits per heavy atom. The van der Waals surface area contributed by atoms with Gasteiger partial charge in [0.1, 0.15) is 0 Å². The SMILES string of the molecule is CNC(=O)c1cc(NC(=O)c2cc(NC(=O)c3cc(NC(C)=O)cc(NC(C)=O)c3)cc(NC(=O)c3cc(NC(C)=O)cc(NC(C)=O)c3)c2)cc(NC(=O)c2cc(NC(=O)c3cc(NC(C)=O)cc(NC(C)=O)c3)cc(NC(=O)c3cc(NC(C)=O)cc(NC(C)=O)c3)c2)c1. The van der Waals surface area contributed by atoms with Crippen LogP contribution in [0.2, 0.25) is 0 Å². The molecule has 7 rings (SSSR count). The lowest BCUT2D eigenvalue weighted by Gasteiger charge is -2.16. The van der Waals surface area contributed by atoms with Crippen LogP contribution in [0.1, 0.15) is 128 Å². The summed E-state index contributed by atoms with van der Waals surface area (Å²) in [5.74, 6) is -9.85. The van der Waals surface area contributed by atoms with Gasteiger partial charge in [-0.05, 0) is 127 Å². The number of carbonyl (C=O) groups is 15. The topological polar surface area (TPSA) is 436 Å². The van der Waals surface area contributed by atoms with Crippen LogP contribution in [0, 0.1) is 0 Å². The van der Waals surface area contributed by atoms with Crippen LogP contribution in [-0.2, 0) is 38.4 Å². The Kier molecular flexibility index (Phi) is 22.7. The van der Waals surface area contributed by atoms with Crippen molar-refractivity contribution in [2.75, 3.05) is 81.5 Å². The second kappa shape index (κ2) is 31.1. The average molecular weight is 1310 g/mol. The molecule has 0 fully saturated rings. The molecule has 0 saturated heterocycles. The molecule has 0 aliphatic carbocycles. The summed E-state index contributed by atoms with van der Waals surface area (Å²) in [6.45, 7) is 9.84. The molecule has 0 aliphatic heterocycles. The standard InChI is InChI=1S/C66H63N15O15/c1-31(82)68-46-12-40(13-47(24-46)69-32(2)83)61(91)78-56-20-44(21-57(29-56)79-62(92)41-14-48(70-33(3)84)25-49(15-41)71-34(4)85)65(95)76-54-10-39(60(90)67-9)11-55(28-54)77-66(96)45-22-58(80-63(93)42-16-50(72-35(5)86)26-51(17-42)73-36(6)87)30-59(23-45)81-64(94)43-18-52(74-37(7)88)27-53(19-43)75-38(8)89/h10-30H,1-9H3,(H,67,90)(H,68,82)(H,69,83)(H,70,84)(H,71,85)(H,72,86)(H,73,87)(H,74,88)(H,75,89)(H,76,95)(H,77,96)(H,78,91)(H,79,92)(H,80,93)(H,81,94). The van der Waals surface area contributed by atoms with Gasteiger partial charge in [-0.25, -0.2) is 0 Å². The molecule has 0 atom stereocenters. The summed E-state index contributed by atoms with van der Waals surface area (Å²) in [7, 11) is 1.32. The first-order valence-corrected chi connectivity index (χ1v) is 28.7. The van der Waals surface area contributed by atoms with Gasteiger partial charge in [-0.3, -0.25) is 71.9 Å². The summed E-state index contributed by atoms with van der Waals surface area (Å²) in [6, 6.07) is 27.3. The van der Waals surface area contributed by atoms with Crippen molar-refractivity contribution in [3.63, 3.8) is 0 Å². The van der Waals surface area contributed by atoms with Crippen molar-refractivity contribution >= 4 is 168 Å². The Hall–Kier alpha value is -13.4. The first kappa shape index (κ1) is 70.1. The number of carbonyl (C=O) groups excluding carboxylic acids is 15. The van der Waals surface area contributed by atoms with E-state index in [4.69, 9.17) is 0 Å². The molecule has 0 spiro atoms. The van der Waals surface area contributed by atoms with Gasteiger partial charge in [-0.1, -0.05) is 0 Å². The predicted molar refractivity (Wildman–Crippen MR) is 361 cm³/mol. The molecular weight excluding hydrogens is 1240 g/mol. The van der Waals surface area contributed by atoms with Crippen LogP contribution in [-0.4, -0.2) is 95.7 Å². The number of hydrogen-bond acceptors (Lipinski definition) is 15. The lowest BCUT2D eigenvalue weighted by atomic mass is 10.1. The van der Waals surface area contributed by atoms with Crippen LogP contribution in [0.3, 0.4) is 0 Å². The number of anilines is 14. The summed E-state index contributed by atoms with van der Waals surface area (Å²) >= 11 is 0. The Morgan fingerprint density at radius 3 is 0.375 bits per heavy atom. The van der Waals surface area contributed by atoms with E-state index in [-0.39, 0.29) is 119 Å². The summed E-state index contributed by atoms with van der Waals surface area (Å²) in [5, 5.41) is 38.9. The van der Waals surface area contributed by atoms with Gasteiger partial charge in [0.2, 0.25) is 47.3 Å². The van der Waals surface area contributed by atoms with Crippen molar-refractivity contribution in [1.29, 1.82) is 0 Å². The number of amides is 15. The van der Waals surface area contributed by atoms with Crippen molar-refractivity contribution < 1.29 is 71.9 Å². The summed E-state index contributed by atoms with van der Waals surface area (Å²) in [5.41, 5.74) is -0.568. The molecule has 30 heteroatoms. The van der Waals surface area contributed by atoms with E-state index in [0.717, 1.165) is 0 Å². The van der Waals surface area contributed by atoms with Crippen molar-refractivity contribution in [1.82, 2.24) is 5.32 Å². The molecule has 492 valence electrons. The van der Waals surface area contributed by atoms with E-state index in [1.807, 2.05) is 0 Å². The van der Waals surface area contributed by atoms with Gasteiger partial charge < -0.3 is 79.8 Å². The number of hydrogen-bond donors (Lipinski definition) is 15. The van der Waals surface area contributed by atoms with Crippen LogP contribution in [0.15, 0.2) is 127 Å². The van der Waals surface area contributed by atoms with Crippen LogP contribution in [0.4, 0.5) is 79.6 Å². The summed E-state index contributed by atoms with van der Waals surface area (Å²) in [6.07, 6.45) is 0. The Bertz CT molecular complexity index is 3820. The highest BCUT2D eigenvalue weighted by molar-refractivity contribution is 6.15. The molecule has 0 bridgehead atoms. The van der Waals surface area contributed by atoms with Crippen LogP contribution < -0.4 is 79.8 Å². The second-order valence-electron chi connectivity index (χ2n) is 21.3. The minimum absolute atomic E-state index is 0.0866. The molecule has 15 amide bonds. The van der Waals surface area contributed by atoms with Crippen LogP contribution >= 0.6 is 0 Å². The van der Waals surface area contributed by atoms with E-state index in [1.165, 1.54) is 190 Å².